The van der Waals surface area contributed by atoms with Gasteiger partial charge < -0.3 is 4.74 Å². The van der Waals surface area contributed by atoms with Crippen molar-refractivity contribution in [2.75, 3.05) is 0 Å². The number of pyridine rings is 1. The highest BCUT2D eigenvalue weighted by Crippen LogP contribution is 2.38. The van der Waals surface area contributed by atoms with Gasteiger partial charge in [0.1, 0.15) is 17.0 Å². The summed E-state index contributed by atoms with van der Waals surface area (Å²) in [6, 6.07) is 7.81. The summed E-state index contributed by atoms with van der Waals surface area (Å²) >= 11 is 9.32. The van der Waals surface area contributed by atoms with E-state index in [9.17, 15) is 0 Å². The van der Waals surface area contributed by atoms with Gasteiger partial charge in [0.05, 0.1) is 6.20 Å². The van der Waals surface area contributed by atoms with Crippen LogP contribution in [0.25, 0.3) is 11.1 Å². The van der Waals surface area contributed by atoms with Gasteiger partial charge in [-0.05, 0) is 45.3 Å². The van der Waals surface area contributed by atoms with E-state index in [2.05, 4.69) is 20.9 Å². The summed E-state index contributed by atoms with van der Waals surface area (Å²) in [5.74, 6) is 0.818. The van der Waals surface area contributed by atoms with Gasteiger partial charge in [0, 0.05) is 10.6 Å². The Bertz CT molecular complexity index is 571. The molecule has 1 aliphatic rings. The number of benzene rings is 1. The maximum atomic E-state index is 5.96. The topological polar surface area (TPSA) is 22.1 Å². The molecule has 0 aliphatic carbocycles. The van der Waals surface area contributed by atoms with Crippen LogP contribution in [0.4, 0.5) is 0 Å². The summed E-state index contributed by atoms with van der Waals surface area (Å²) in [7, 11) is 0. The molecule has 2 heterocycles. The molecule has 1 aromatic heterocycles. The average Bonchev–Trinajstić information content (AvgIpc) is 2.28. The normalized spacial score (nSPS) is 12.6. The second kappa shape index (κ2) is 3.75. The van der Waals surface area contributed by atoms with Crippen molar-refractivity contribution in [2.45, 2.75) is 6.61 Å². The Morgan fingerprint density at radius 2 is 2.12 bits per heavy atom. The average molecular weight is 297 g/mol. The van der Waals surface area contributed by atoms with Crippen molar-refractivity contribution in [1.82, 2.24) is 4.98 Å². The summed E-state index contributed by atoms with van der Waals surface area (Å²) < 4.78 is 6.42. The highest BCUT2D eigenvalue weighted by molar-refractivity contribution is 9.10. The molecule has 80 valence electrons. The second-order valence-electron chi connectivity index (χ2n) is 3.59. The van der Waals surface area contributed by atoms with Gasteiger partial charge in [0.2, 0.25) is 0 Å². The summed E-state index contributed by atoms with van der Waals surface area (Å²) in [6.45, 7) is 0.548. The Labute approximate surface area is 106 Å². The monoisotopic (exact) mass is 295 g/mol. The molecule has 0 atom stereocenters. The van der Waals surface area contributed by atoms with Crippen LogP contribution >= 0.6 is 27.5 Å². The number of nitrogens with zero attached hydrogens (tertiary/aromatic N) is 1. The summed E-state index contributed by atoms with van der Waals surface area (Å²) in [4.78, 5) is 4.15. The van der Waals surface area contributed by atoms with Crippen LogP contribution in [-0.2, 0) is 6.61 Å². The van der Waals surface area contributed by atoms with Crippen molar-refractivity contribution in [1.29, 1.82) is 0 Å². The highest BCUT2D eigenvalue weighted by atomic mass is 79.9. The second-order valence-corrected chi connectivity index (χ2v) is 4.84. The van der Waals surface area contributed by atoms with E-state index in [0.717, 1.165) is 32.1 Å². The molecule has 0 N–H and O–H groups in total. The zero-order chi connectivity index (χ0) is 11.1. The number of fused-ring (bicyclic) bond motifs is 3. The molecule has 0 radical (unpaired) electrons. The third-order valence-corrected chi connectivity index (χ3v) is 3.24. The molecule has 1 aliphatic heterocycles. The van der Waals surface area contributed by atoms with Crippen molar-refractivity contribution in [3.05, 3.63) is 45.7 Å². The fourth-order valence-corrected chi connectivity index (χ4v) is 2.37. The van der Waals surface area contributed by atoms with Crippen LogP contribution in [0.5, 0.6) is 5.75 Å². The summed E-state index contributed by atoms with van der Waals surface area (Å²) in [5, 5.41) is 0.735. The first kappa shape index (κ1) is 10.1. The van der Waals surface area contributed by atoms with E-state index in [1.165, 1.54) is 0 Å². The van der Waals surface area contributed by atoms with Crippen LogP contribution in [0.3, 0.4) is 0 Å². The smallest absolute Gasteiger partial charge is 0.146 e. The van der Waals surface area contributed by atoms with E-state index in [1.54, 1.807) is 6.20 Å². The zero-order valence-electron chi connectivity index (χ0n) is 8.21. The lowest BCUT2D eigenvalue weighted by Gasteiger charge is -2.20. The Kier molecular flexibility index (Phi) is 2.37. The molecule has 1 aromatic carbocycles. The van der Waals surface area contributed by atoms with Gasteiger partial charge in [0.15, 0.2) is 0 Å². The molecule has 0 fully saturated rings. The molecule has 0 unspecified atom stereocenters. The van der Waals surface area contributed by atoms with E-state index in [-0.39, 0.29) is 0 Å². The van der Waals surface area contributed by atoms with Crippen LogP contribution in [0.15, 0.2) is 35.1 Å². The van der Waals surface area contributed by atoms with E-state index in [4.69, 9.17) is 16.3 Å². The number of hydrogen-bond acceptors (Lipinski definition) is 2. The molecule has 16 heavy (non-hydrogen) atoms. The number of ether oxygens (including phenoxy) is 1. The maximum Gasteiger partial charge on any atom is 0.146 e. The van der Waals surface area contributed by atoms with Crippen molar-refractivity contribution >= 4 is 27.5 Å². The standard InChI is InChI=1S/C12H7BrClNO/c13-12-4-10-9-2-1-8(14)3-7(9)6-16-11(10)5-15-12/h1-5H,6H2. The molecule has 0 spiro atoms. The van der Waals surface area contributed by atoms with Crippen molar-refractivity contribution < 1.29 is 4.74 Å². The van der Waals surface area contributed by atoms with Gasteiger partial charge in [-0.1, -0.05) is 17.7 Å². The predicted molar refractivity (Wildman–Crippen MR) is 66.7 cm³/mol. The lowest BCUT2D eigenvalue weighted by atomic mass is 9.98. The number of halogens is 2. The van der Waals surface area contributed by atoms with E-state index in [1.807, 2.05) is 24.3 Å². The van der Waals surface area contributed by atoms with E-state index in [0.29, 0.717) is 6.61 Å². The lowest BCUT2D eigenvalue weighted by molar-refractivity contribution is 0.301. The Balaban J connectivity index is 2.25. The largest absolute Gasteiger partial charge is 0.487 e. The van der Waals surface area contributed by atoms with Crippen LogP contribution in [0.1, 0.15) is 5.56 Å². The number of hydrogen-bond donors (Lipinski definition) is 0. The quantitative estimate of drug-likeness (QED) is 0.684. The molecule has 2 nitrogen and oxygen atoms in total. The van der Waals surface area contributed by atoms with Gasteiger partial charge >= 0.3 is 0 Å². The molecular formula is C12H7BrClNO. The minimum Gasteiger partial charge on any atom is -0.487 e. The van der Waals surface area contributed by atoms with E-state index >= 15 is 0 Å². The summed E-state index contributed by atoms with van der Waals surface area (Å²) in [5.41, 5.74) is 3.33. The minimum atomic E-state index is 0.548. The van der Waals surface area contributed by atoms with Crippen molar-refractivity contribution in [3.63, 3.8) is 0 Å². The Hall–Kier alpha value is -1.06. The number of rotatable bonds is 0. The van der Waals surface area contributed by atoms with Gasteiger partial charge in [-0.2, -0.15) is 0 Å². The first-order valence-corrected chi connectivity index (χ1v) is 5.98. The molecule has 0 saturated carbocycles. The third-order valence-electron chi connectivity index (χ3n) is 2.57. The molecule has 3 rings (SSSR count). The fraction of sp³-hybridized carbons (Fsp3) is 0.0833. The molecule has 0 saturated heterocycles. The van der Waals surface area contributed by atoms with Gasteiger partial charge in [-0.25, -0.2) is 4.98 Å². The Morgan fingerprint density at radius 1 is 1.25 bits per heavy atom. The number of aromatic nitrogens is 1. The minimum absolute atomic E-state index is 0.548. The zero-order valence-corrected chi connectivity index (χ0v) is 10.5. The van der Waals surface area contributed by atoms with Crippen molar-refractivity contribution in [2.24, 2.45) is 0 Å². The highest BCUT2D eigenvalue weighted by Gasteiger charge is 2.17. The summed E-state index contributed by atoms with van der Waals surface area (Å²) in [6.07, 6.45) is 1.73. The van der Waals surface area contributed by atoms with Gasteiger partial charge in [0.25, 0.3) is 0 Å². The third kappa shape index (κ3) is 1.60. The first-order valence-electron chi connectivity index (χ1n) is 4.81. The van der Waals surface area contributed by atoms with E-state index < -0.39 is 0 Å². The molecular weight excluding hydrogens is 289 g/mol. The van der Waals surface area contributed by atoms with Crippen LogP contribution < -0.4 is 4.74 Å². The lowest BCUT2D eigenvalue weighted by Crippen LogP contribution is -2.05. The Morgan fingerprint density at radius 3 is 3.00 bits per heavy atom. The van der Waals surface area contributed by atoms with Gasteiger partial charge in [-0.3, -0.25) is 0 Å². The van der Waals surface area contributed by atoms with Crippen LogP contribution in [0, 0.1) is 0 Å². The van der Waals surface area contributed by atoms with Crippen LogP contribution in [0.2, 0.25) is 5.02 Å². The molecule has 4 heteroatoms. The first-order chi connectivity index (χ1) is 7.74. The fourth-order valence-electron chi connectivity index (χ4n) is 1.84. The van der Waals surface area contributed by atoms with Crippen molar-refractivity contribution in [3.8, 4) is 16.9 Å². The molecule has 0 bridgehead atoms. The van der Waals surface area contributed by atoms with Crippen LogP contribution in [-0.4, -0.2) is 4.98 Å². The van der Waals surface area contributed by atoms with Gasteiger partial charge in [-0.15, -0.1) is 0 Å². The SMILES string of the molecule is Clc1ccc2c(c1)COc1cnc(Br)cc1-2. The predicted octanol–water partition coefficient (Wildman–Crippen LogP) is 4.06. The maximum absolute atomic E-state index is 5.96. The molecule has 0 amide bonds. The molecule has 2 aromatic rings.